The summed E-state index contributed by atoms with van der Waals surface area (Å²) >= 11 is 1.55. The Balaban J connectivity index is 1.46. The number of aromatic nitrogens is 1. The van der Waals surface area contributed by atoms with Gasteiger partial charge in [0.25, 0.3) is 15.9 Å². The fraction of sp³-hybridized carbons (Fsp3) is 0.125. The molecular formula is C24H20N4O3S2. The molecule has 0 unspecified atom stereocenters. The van der Waals surface area contributed by atoms with Gasteiger partial charge in [0.05, 0.1) is 26.5 Å². The number of amidine groups is 1. The molecule has 1 amide bonds. The maximum atomic E-state index is 13.3. The molecule has 0 atom stereocenters. The SMILES string of the molecule is O=C(Nc1cccc(S(=O)(=O)NC2=NCCC2)c1)c1cc(-c2cccs2)nc2ccccc12. The molecule has 7 nitrogen and oxygen atoms in total. The third-order valence-electron chi connectivity index (χ3n) is 5.26. The van der Waals surface area contributed by atoms with Gasteiger partial charge in [0, 0.05) is 24.0 Å². The quantitative estimate of drug-likeness (QED) is 0.436. The Morgan fingerprint density at radius 1 is 1.00 bits per heavy atom. The highest BCUT2D eigenvalue weighted by molar-refractivity contribution is 7.90. The van der Waals surface area contributed by atoms with Crippen molar-refractivity contribution in [2.24, 2.45) is 4.99 Å². The zero-order chi connectivity index (χ0) is 22.8. The number of fused-ring (bicyclic) bond motifs is 1. The topological polar surface area (TPSA) is 101 Å². The Bertz CT molecular complexity index is 1480. The van der Waals surface area contributed by atoms with Gasteiger partial charge in [0.15, 0.2) is 0 Å². The average Bonchev–Trinajstić information content (AvgIpc) is 3.53. The van der Waals surface area contributed by atoms with E-state index in [4.69, 9.17) is 4.98 Å². The maximum absolute atomic E-state index is 13.3. The Labute approximate surface area is 195 Å². The molecule has 2 aromatic carbocycles. The minimum absolute atomic E-state index is 0.0637. The first-order chi connectivity index (χ1) is 16.0. The van der Waals surface area contributed by atoms with Gasteiger partial charge in [-0.1, -0.05) is 30.3 Å². The number of rotatable bonds is 5. The van der Waals surface area contributed by atoms with E-state index in [1.54, 1.807) is 29.5 Å². The lowest BCUT2D eigenvalue weighted by Gasteiger charge is -2.12. The number of carbonyl (C=O) groups excluding carboxylic acids is 1. The highest BCUT2D eigenvalue weighted by atomic mass is 32.2. The summed E-state index contributed by atoms with van der Waals surface area (Å²) < 4.78 is 28.0. The standard InChI is InChI=1S/C24H20N4O3S2/c29-24(19-15-21(22-10-5-13-32-22)27-20-9-2-1-8-18(19)20)26-16-6-3-7-17(14-16)33(30,31)28-23-11-4-12-25-23/h1-3,5-10,13-15H,4,11-12H2,(H,25,28)(H,26,29). The minimum atomic E-state index is -3.78. The maximum Gasteiger partial charge on any atom is 0.262 e. The van der Waals surface area contributed by atoms with Crippen LogP contribution in [0.3, 0.4) is 0 Å². The number of sulfonamides is 1. The van der Waals surface area contributed by atoms with Crippen molar-refractivity contribution in [3.8, 4) is 10.6 Å². The van der Waals surface area contributed by atoms with Crippen LogP contribution in [0.4, 0.5) is 5.69 Å². The summed E-state index contributed by atoms with van der Waals surface area (Å²) in [5.74, 6) is 0.128. The molecule has 9 heteroatoms. The molecule has 166 valence electrons. The lowest BCUT2D eigenvalue weighted by Crippen LogP contribution is -2.29. The van der Waals surface area contributed by atoms with Crippen molar-refractivity contribution in [3.63, 3.8) is 0 Å². The van der Waals surface area contributed by atoms with Crippen molar-refractivity contribution in [2.75, 3.05) is 11.9 Å². The summed E-state index contributed by atoms with van der Waals surface area (Å²) in [5.41, 5.74) is 2.28. The van der Waals surface area contributed by atoms with E-state index in [0.717, 1.165) is 16.7 Å². The van der Waals surface area contributed by atoms with Crippen LogP contribution in [0.5, 0.6) is 0 Å². The number of pyridine rings is 1. The summed E-state index contributed by atoms with van der Waals surface area (Å²) in [7, 11) is -3.78. The van der Waals surface area contributed by atoms with Gasteiger partial charge in [-0.15, -0.1) is 11.3 Å². The minimum Gasteiger partial charge on any atom is -0.322 e. The molecule has 0 radical (unpaired) electrons. The average molecular weight is 477 g/mol. The van der Waals surface area contributed by atoms with E-state index >= 15 is 0 Å². The molecule has 2 N–H and O–H groups in total. The molecule has 0 fully saturated rings. The summed E-state index contributed by atoms with van der Waals surface area (Å²) in [6.07, 6.45) is 1.44. The van der Waals surface area contributed by atoms with Crippen LogP contribution >= 0.6 is 11.3 Å². The number of thiophene rings is 1. The summed E-state index contributed by atoms with van der Waals surface area (Å²) in [5, 5.41) is 5.53. The number of nitrogens with one attached hydrogen (secondary N) is 2. The van der Waals surface area contributed by atoms with E-state index < -0.39 is 10.0 Å². The van der Waals surface area contributed by atoms with Crippen LogP contribution in [0.15, 0.2) is 82.0 Å². The highest BCUT2D eigenvalue weighted by Crippen LogP contribution is 2.28. The van der Waals surface area contributed by atoms with Crippen molar-refractivity contribution < 1.29 is 13.2 Å². The molecule has 0 saturated carbocycles. The number of para-hydroxylation sites is 1. The van der Waals surface area contributed by atoms with Gasteiger partial charge in [-0.05, 0) is 48.2 Å². The number of aliphatic imine (C=N–C) groups is 1. The van der Waals surface area contributed by atoms with Crippen LogP contribution in [-0.2, 0) is 10.0 Å². The Morgan fingerprint density at radius 2 is 1.88 bits per heavy atom. The third-order valence-corrected chi connectivity index (χ3v) is 7.53. The van der Waals surface area contributed by atoms with E-state index in [9.17, 15) is 13.2 Å². The predicted octanol–water partition coefficient (Wildman–Crippen LogP) is 4.69. The van der Waals surface area contributed by atoms with Gasteiger partial charge in [-0.2, -0.15) is 0 Å². The van der Waals surface area contributed by atoms with Gasteiger partial charge in [-0.3, -0.25) is 14.5 Å². The fourth-order valence-corrected chi connectivity index (χ4v) is 5.51. The molecule has 0 bridgehead atoms. The Hall–Kier alpha value is -3.56. The number of anilines is 1. The summed E-state index contributed by atoms with van der Waals surface area (Å²) in [4.78, 5) is 23.2. The van der Waals surface area contributed by atoms with E-state index in [2.05, 4.69) is 15.0 Å². The smallest absolute Gasteiger partial charge is 0.262 e. The van der Waals surface area contributed by atoms with Crippen LogP contribution < -0.4 is 10.0 Å². The van der Waals surface area contributed by atoms with Crippen LogP contribution in [0.2, 0.25) is 0 Å². The van der Waals surface area contributed by atoms with Crippen LogP contribution in [-0.4, -0.2) is 31.7 Å². The Morgan fingerprint density at radius 3 is 2.67 bits per heavy atom. The summed E-state index contributed by atoms with van der Waals surface area (Å²) in [6, 6.07) is 19.3. The summed E-state index contributed by atoms with van der Waals surface area (Å²) in [6.45, 7) is 0.626. The monoisotopic (exact) mass is 476 g/mol. The second-order valence-electron chi connectivity index (χ2n) is 7.57. The van der Waals surface area contributed by atoms with Gasteiger partial charge in [-0.25, -0.2) is 13.4 Å². The van der Waals surface area contributed by atoms with Gasteiger partial charge < -0.3 is 5.32 Å². The third kappa shape index (κ3) is 4.50. The second kappa shape index (κ2) is 8.76. The zero-order valence-corrected chi connectivity index (χ0v) is 19.1. The molecule has 1 aliphatic heterocycles. The molecule has 5 rings (SSSR count). The lowest BCUT2D eigenvalue weighted by atomic mass is 10.1. The van der Waals surface area contributed by atoms with Crippen LogP contribution in [0.25, 0.3) is 21.5 Å². The number of hydrogen-bond donors (Lipinski definition) is 2. The normalized spacial score (nSPS) is 13.6. The molecule has 2 aromatic heterocycles. The van der Waals surface area contributed by atoms with Crippen molar-refractivity contribution in [3.05, 3.63) is 77.7 Å². The zero-order valence-electron chi connectivity index (χ0n) is 17.5. The van der Waals surface area contributed by atoms with Gasteiger partial charge in [0.1, 0.15) is 5.84 Å². The largest absolute Gasteiger partial charge is 0.322 e. The number of nitrogens with zero attached hydrogens (tertiary/aromatic N) is 2. The fourth-order valence-electron chi connectivity index (χ4n) is 3.69. The molecule has 4 aromatic rings. The van der Waals surface area contributed by atoms with Crippen molar-refractivity contribution >= 4 is 49.7 Å². The van der Waals surface area contributed by atoms with Crippen molar-refractivity contribution in [2.45, 2.75) is 17.7 Å². The number of benzene rings is 2. The molecule has 33 heavy (non-hydrogen) atoms. The van der Waals surface area contributed by atoms with E-state index in [1.807, 2.05) is 41.8 Å². The first-order valence-electron chi connectivity index (χ1n) is 10.4. The molecule has 3 heterocycles. The van der Waals surface area contributed by atoms with Crippen LogP contribution in [0, 0.1) is 0 Å². The molecule has 1 aliphatic rings. The van der Waals surface area contributed by atoms with E-state index in [1.165, 1.54) is 12.1 Å². The lowest BCUT2D eigenvalue weighted by molar-refractivity contribution is 0.102. The number of carbonyl (C=O) groups is 1. The molecule has 0 aliphatic carbocycles. The molecule has 0 spiro atoms. The predicted molar refractivity (Wildman–Crippen MR) is 131 cm³/mol. The number of hydrogen-bond acceptors (Lipinski definition) is 6. The molecular weight excluding hydrogens is 456 g/mol. The highest BCUT2D eigenvalue weighted by Gasteiger charge is 2.20. The van der Waals surface area contributed by atoms with Crippen molar-refractivity contribution in [1.29, 1.82) is 0 Å². The number of amides is 1. The first-order valence-corrected chi connectivity index (χ1v) is 12.8. The molecule has 0 saturated heterocycles. The van der Waals surface area contributed by atoms with E-state index in [0.29, 0.717) is 41.3 Å². The van der Waals surface area contributed by atoms with Crippen molar-refractivity contribution in [1.82, 2.24) is 9.71 Å². The van der Waals surface area contributed by atoms with E-state index in [-0.39, 0.29) is 10.8 Å². The van der Waals surface area contributed by atoms with Gasteiger partial charge >= 0.3 is 0 Å². The van der Waals surface area contributed by atoms with Crippen LogP contribution in [0.1, 0.15) is 23.2 Å². The Kier molecular flexibility index (Phi) is 5.65. The first kappa shape index (κ1) is 21.3. The van der Waals surface area contributed by atoms with Gasteiger partial charge in [0.2, 0.25) is 0 Å². The second-order valence-corrected chi connectivity index (χ2v) is 10.2.